The minimum atomic E-state index is -0.758. The minimum Gasteiger partial charge on any atom is -0.481 e. The van der Waals surface area contributed by atoms with Gasteiger partial charge in [-0.2, -0.15) is 0 Å². The fourth-order valence-corrected chi connectivity index (χ4v) is 1.69. The van der Waals surface area contributed by atoms with Crippen LogP contribution in [0.15, 0.2) is 36.5 Å². The summed E-state index contributed by atoms with van der Waals surface area (Å²) in [6, 6.07) is 9.74. The van der Waals surface area contributed by atoms with Crippen molar-refractivity contribution in [2.24, 2.45) is 5.92 Å². The number of rotatable bonds is 3. The molecule has 1 atom stereocenters. The minimum absolute atomic E-state index is 0.353. The third-order valence-electron chi connectivity index (χ3n) is 2.63. The highest BCUT2D eigenvalue weighted by Crippen LogP contribution is 2.16. The van der Waals surface area contributed by atoms with Crippen molar-refractivity contribution in [3.8, 4) is 0 Å². The molecule has 0 amide bonds. The second kappa shape index (κ2) is 4.31. The Hall–Kier alpha value is -1.90. The lowest BCUT2D eigenvalue weighted by Gasteiger charge is -2.06. The molecular weight excluding hydrogens is 202 g/mol. The van der Waals surface area contributed by atoms with Gasteiger partial charge in [0.1, 0.15) is 0 Å². The zero-order valence-corrected chi connectivity index (χ0v) is 9.05. The van der Waals surface area contributed by atoms with Crippen molar-refractivity contribution in [3.05, 3.63) is 42.1 Å². The molecule has 1 aromatic carbocycles. The highest BCUT2D eigenvalue weighted by Gasteiger charge is 2.11. The number of aromatic nitrogens is 1. The lowest BCUT2D eigenvalue weighted by Crippen LogP contribution is -2.12. The number of aliphatic carboxylic acids is 1. The first-order chi connectivity index (χ1) is 7.66. The van der Waals surface area contributed by atoms with E-state index in [0.717, 1.165) is 16.5 Å². The number of carboxylic acids is 1. The largest absolute Gasteiger partial charge is 0.481 e. The van der Waals surface area contributed by atoms with Crippen molar-refractivity contribution in [2.45, 2.75) is 13.3 Å². The van der Waals surface area contributed by atoms with Crippen molar-refractivity contribution in [2.75, 3.05) is 0 Å². The number of pyridine rings is 1. The van der Waals surface area contributed by atoms with E-state index >= 15 is 0 Å². The van der Waals surface area contributed by atoms with Crippen LogP contribution in [0, 0.1) is 5.92 Å². The second-order valence-corrected chi connectivity index (χ2v) is 3.97. The smallest absolute Gasteiger partial charge is 0.306 e. The van der Waals surface area contributed by atoms with Crippen LogP contribution in [-0.4, -0.2) is 16.1 Å². The lowest BCUT2D eigenvalue weighted by molar-refractivity contribution is -0.141. The molecular formula is C13H13NO2. The fraction of sp³-hybridized carbons (Fsp3) is 0.231. The average Bonchev–Trinajstić information content (AvgIpc) is 2.28. The van der Waals surface area contributed by atoms with Gasteiger partial charge in [-0.15, -0.1) is 0 Å². The molecule has 2 aromatic rings. The van der Waals surface area contributed by atoms with Gasteiger partial charge in [0.25, 0.3) is 0 Å². The Morgan fingerprint density at radius 1 is 1.44 bits per heavy atom. The number of hydrogen-bond acceptors (Lipinski definition) is 2. The molecule has 3 nitrogen and oxygen atoms in total. The summed E-state index contributed by atoms with van der Waals surface area (Å²) in [5, 5.41) is 9.90. The molecule has 1 heterocycles. The molecule has 0 saturated carbocycles. The number of carbonyl (C=O) groups is 1. The molecule has 1 aromatic heterocycles. The highest BCUT2D eigenvalue weighted by molar-refractivity contribution is 5.79. The Kier molecular flexibility index (Phi) is 2.86. The van der Waals surface area contributed by atoms with E-state index in [9.17, 15) is 4.79 Å². The van der Waals surface area contributed by atoms with Gasteiger partial charge in [0, 0.05) is 11.6 Å². The number of hydrogen-bond donors (Lipinski definition) is 1. The second-order valence-electron chi connectivity index (χ2n) is 3.97. The molecule has 1 unspecified atom stereocenters. The van der Waals surface area contributed by atoms with Gasteiger partial charge in [0.15, 0.2) is 0 Å². The summed E-state index contributed by atoms with van der Waals surface area (Å²) < 4.78 is 0. The molecule has 0 aliphatic rings. The monoisotopic (exact) mass is 215 g/mol. The van der Waals surface area contributed by atoms with Gasteiger partial charge < -0.3 is 5.11 Å². The Balaban J connectivity index is 2.29. The van der Waals surface area contributed by atoms with Crippen LogP contribution in [0.25, 0.3) is 10.9 Å². The predicted octanol–water partition coefficient (Wildman–Crippen LogP) is 2.50. The topological polar surface area (TPSA) is 50.2 Å². The quantitative estimate of drug-likeness (QED) is 0.855. The predicted molar refractivity (Wildman–Crippen MR) is 62.2 cm³/mol. The molecule has 0 saturated heterocycles. The number of fused-ring (bicyclic) bond motifs is 1. The van der Waals surface area contributed by atoms with Gasteiger partial charge in [0.2, 0.25) is 0 Å². The zero-order chi connectivity index (χ0) is 11.5. The maximum Gasteiger partial charge on any atom is 0.306 e. The number of carboxylic acid groups (broad SMARTS) is 1. The van der Waals surface area contributed by atoms with Crippen LogP contribution < -0.4 is 0 Å². The third-order valence-corrected chi connectivity index (χ3v) is 2.63. The summed E-state index contributed by atoms with van der Waals surface area (Å²) >= 11 is 0. The van der Waals surface area contributed by atoms with Crippen LogP contribution >= 0.6 is 0 Å². The summed E-state index contributed by atoms with van der Waals surface area (Å²) in [6.45, 7) is 1.72. The molecule has 2 rings (SSSR count). The Morgan fingerprint density at radius 3 is 3.00 bits per heavy atom. The van der Waals surface area contributed by atoms with Gasteiger partial charge in [-0.3, -0.25) is 9.78 Å². The van der Waals surface area contributed by atoms with E-state index in [-0.39, 0.29) is 5.92 Å². The van der Waals surface area contributed by atoms with Crippen LogP contribution in [0.5, 0.6) is 0 Å². The number of benzene rings is 1. The molecule has 0 radical (unpaired) electrons. The van der Waals surface area contributed by atoms with Gasteiger partial charge >= 0.3 is 5.97 Å². The van der Waals surface area contributed by atoms with E-state index in [1.54, 1.807) is 13.1 Å². The Labute approximate surface area is 93.7 Å². The molecule has 0 spiro atoms. The van der Waals surface area contributed by atoms with Crippen molar-refractivity contribution >= 4 is 16.9 Å². The molecule has 0 bridgehead atoms. The first-order valence-electron chi connectivity index (χ1n) is 5.23. The third kappa shape index (κ3) is 2.19. The summed E-state index contributed by atoms with van der Waals surface area (Å²) in [5.74, 6) is -1.11. The van der Waals surface area contributed by atoms with Gasteiger partial charge in [-0.25, -0.2) is 0 Å². The highest BCUT2D eigenvalue weighted by atomic mass is 16.4. The van der Waals surface area contributed by atoms with Crippen LogP contribution in [0.4, 0.5) is 0 Å². The molecule has 0 fully saturated rings. The van der Waals surface area contributed by atoms with Crippen molar-refractivity contribution < 1.29 is 9.90 Å². The SMILES string of the molecule is CC(Cc1ccc2ncccc2c1)C(=O)O. The van der Waals surface area contributed by atoms with E-state index in [1.807, 2.05) is 30.3 Å². The first-order valence-corrected chi connectivity index (χ1v) is 5.23. The normalized spacial score (nSPS) is 12.6. The van der Waals surface area contributed by atoms with E-state index in [2.05, 4.69) is 4.98 Å². The summed E-state index contributed by atoms with van der Waals surface area (Å²) in [7, 11) is 0. The van der Waals surface area contributed by atoms with Gasteiger partial charge in [-0.1, -0.05) is 19.1 Å². The Bertz CT molecular complexity index is 522. The molecule has 16 heavy (non-hydrogen) atoms. The zero-order valence-electron chi connectivity index (χ0n) is 9.05. The van der Waals surface area contributed by atoms with E-state index in [0.29, 0.717) is 6.42 Å². The van der Waals surface area contributed by atoms with Crippen molar-refractivity contribution in [1.82, 2.24) is 4.98 Å². The van der Waals surface area contributed by atoms with Crippen molar-refractivity contribution in [1.29, 1.82) is 0 Å². The number of nitrogens with zero attached hydrogens (tertiary/aromatic N) is 1. The molecule has 3 heteroatoms. The van der Waals surface area contributed by atoms with Crippen LogP contribution in [0.3, 0.4) is 0 Å². The van der Waals surface area contributed by atoms with Crippen LogP contribution in [0.2, 0.25) is 0 Å². The van der Waals surface area contributed by atoms with Crippen LogP contribution in [-0.2, 0) is 11.2 Å². The molecule has 0 aliphatic heterocycles. The van der Waals surface area contributed by atoms with Gasteiger partial charge in [-0.05, 0) is 30.2 Å². The van der Waals surface area contributed by atoms with E-state index in [4.69, 9.17) is 5.11 Å². The maximum absolute atomic E-state index is 10.8. The van der Waals surface area contributed by atoms with Crippen molar-refractivity contribution in [3.63, 3.8) is 0 Å². The molecule has 82 valence electrons. The summed E-state index contributed by atoms with van der Waals surface area (Å²) in [6.07, 6.45) is 2.31. The first kappa shape index (κ1) is 10.6. The summed E-state index contributed by atoms with van der Waals surface area (Å²) in [5.41, 5.74) is 1.98. The summed E-state index contributed by atoms with van der Waals surface area (Å²) in [4.78, 5) is 15.0. The van der Waals surface area contributed by atoms with E-state index in [1.165, 1.54) is 0 Å². The molecule has 0 aliphatic carbocycles. The molecule has 1 N–H and O–H groups in total. The maximum atomic E-state index is 10.8. The van der Waals surface area contributed by atoms with E-state index < -0.39 is 5.97 Å². The lowest BCUT2D eigenvalue weighted by atomic mass is 10.00. The van der Waals surface area contributed by atoms with Gasteiger partial charge in [0.05, 0.1) is 11.4 Å². The standard InChI is InChI=1S/C13H13NO2/c1-9(13(15)16)7-10-4-5-12-11(8-10)3-2-6-14-12/h2-6,8-9H,7H2,1H3,(H,15,16). The fourth-order valence-electron chi connectivity index (χ4n) is 1.69. The Morgan fingerprint density at radius 2 is 2.25 bits per heavy atom. The average molecular weight is 215 g/mol. The van der Waals surface area contributed by atoms with Crippen LogP contribution in [0.1, 0.15) is 12.5 Å².